The average Bonchev–Trinajstić information content (AvgIpc) is 2.50. The van der Waals surface area contributed by atoms with Crippen molar-refractivity contribution in [3.63, 3.8) is 0 Å². The molecule has 5 nitrogen and oxygen atoms in total. The van der Waals surface area contributed by atoms with Gasteiger partial charge in [-0.3, -0.25) is 5.10 Å². The number of H-pyrrole nitrogens is 1. The Morgan fingerprint density at radius 1 is 1.57 bits per heavy atom. The molecule has 6 heteroatoms. The average molecular weight is 215 g/mol. The number of nitrogens with one attached hydrogen (secondary N) is 1. The Hall–Kier alpha value is -1.04. The smallest absolute Gasteiger partial charge is 0.150 e. The largest absolute Gasteiger partial charge is 0.382 e. The van der Waals surface area contributed by atoms with Crippen LogP contribution < -0.4 is 5.73 Å². The minimum Gasteiger partial charge on any atom is -0.382 e. The Morgan fingerprint density at radius 3 is 2.93 bits per heavy atom. The number of hydrogen-bond acceptors (Lipinski definition) is 4. The molecule has 1 saturated heterocycles. The van der Waals surface area contributed by atoms with Crippen LogP contribution in [0.4, 0.5) is 5.82 Å². The highest BCUT2D eigenvalue weighted by atomic mass is 32.2. The van der Waals surface area contributed by atoms with E-state index in [2.05, 4.69) is 10.2 Å². The second-order valence-corrected chi connectivity index (χ2v) is 5.93. The summed E-state index contributed by atoms with van der Waals surface area (Å²) in [5.74, 6) is 0.989. The highest BCUT2D eigenvalue weighted by Crippen LogP contribution is 2.27. The molecule has 1 atom stereocenters. The number of rotatable bonds is 1. The summed E-state index contributed by atoms with van der Waals surface area (Å²) in [4.78, 5) is 0. The molecule has 2 heterocycles. The summed E-state index contributed by atoms with van der Waals surface area (Å²) < 4.78 is 22.8. The van der Waals surface area contributed by atoms with Gasteiger partial charge in [0.25, 0.3) is 0 Å². The van der Waals surface area contributed by atoms with E-state index in [0.29, 0.717) is 11.6 Å². The first-order valence-corrected chi connectivity index (χ1v) is 6.40. The van der Waals surface area contributed by atoms with Crippen LogP contribution in [0.2, 0.25) is 0 Å². The Morgan fingerprint density at radius 2 is 2.36 bits per heavy atom. The molecule has 3 N–H and O–H groups in total. The van der Waals surface area contributed by atoms with Gasteiger partial charge >= 0.3 is 0 Å². The summed E-state index contributed by atoms with van der Waals surface area (Å²) in [6.45, 7) is 0. The Kier molecular flexibility index (Phi) is 2.22. The summed E-state index contributed by atoms with van der Waals surface area (Å²) in [6, 6.07) is 1.71. The van der Waals surface area contributed by atoms with E-state index >= 15 is 0 Å². The molecular weight excluding hydrogens is 202 g/mol. The van der Waals surface area contributed by atoms with Gasteiger partial charge in [0.05, 0.1) is 11.5 Å². The molecule has 0 spiro atoms. The molecule has 1 aliphatic heterocycles. The van der Waals surface area contributed by atoms with Crippen LogP contribution in [0.1, 0.15) is 24.5 Å². The number of anilines is 1. The van der Waals surface area contributed by atoms with E-state index in [1.54, 1.807) is 6.07 Å². The molecular formula is C8H13N3O2S. The van der Waals surface area contributed by atoms with Crippen molar-refractivity contribution in [3.05, 3.63) is 11.8 Å². The van der Waals surface area contributed by atoms with Gasteiger partial charge in [-0.2, -0.15) is 5.10 Å². The van der Waals surface area contributed by atoms with Gasteiger partial charge in [0.15, 0.2) is 9.84 Å². The van der Waals surface area contributed by atoms with Crippen LogP contribution in [-0.4, -0.2) is 30.1 Å². The lowest BCUT2D eigenvalue weighted by molar-refractivity contribution is 0.549. The van der Waals surface area contributed by atoms with Gasteiger partial charge in [-0.1, -0.05) is 0 Å². The molecule has 0 aromatic carbocycles. The lowest BCUT2D eigenvalue weighted by atomic mass is 10.0. The van der Waals surface area contributed by atoms with Gasteiger partial charge in [-0.15, -0.1) is 0 Å². The number of hydrogen-bond donors (Lipinski definition) is 2. The molecule has 14 heavy (non-hydrogen) atoms. The summed E-state index contributed by atoms with van der Waals surface area (Å²) in [6.07, 6.45) is 1.62. The first kappa shape index (κ1) is 9.51. The molecule has 0 aliphatic carbocycles. The maximum absolute atomic E-state index is 11.4. The molecule has 0 amide bonds. The fraction of sp³-hybridized carbons (Fsp3) is 0.625. The standard InChI is InChI=1S/C8H13N3O2S/c9-8-4-7(10-11-8)6-2-1-3-14(12,13)5-6/h4,6H,1-3,5H2,(H3,9,10,11). The van der Waals surface area contributed by atoms with Crippen molar-refractivity contribution < 1.29 is 8.42 Å². The number of nitrogen functional groups attached to an aromatic ring is 1. The van der Waals surface area contributed by atoms with E-state index in [0.717, 1.165) is 18.5 Å². The summed E-state index contributed by atoms with van der Waals surface area (Å²) in [7, 11) is -2.86. The van der Waals surface area contributed by atoms with Crippen LogP contribution in [0.3, 0.4) is 0 Å². The first-order chi connectivity index (χ1) is 6.57. The van der Waals surface area contributed by atoms with Crippen molar-refractivity contribution in [1.29, 1.82) is 0 Å². The lowest BCUT2D eigenvalue weighted by Crippen LogP contribution is -2.23. The third-order valence-corrected chi connectivity index (χ3v) is 4.34. The van der Waals surface area contributed by atoms with Crippen LogP contribution in [0, 0.1) is 0 Å². The van der Waals surface area contributed by atoms with Crippen molar-refractivity contribution in [2.24, 2.45) is 0 Å². The van der Waals surface area contributed by atoms with Gasteiger partial charge < -0.3 is 5.73 Å². The van der Waals surface area contributed by atoms with Gasteiger partial charge in [-0.25, -0.2) is 8.42 Å². The van der Waals surface area contributed by atoms with Gasteiger partial charge in [0.1, 0.15) is 5.82 Å². The molecule has 0 radical (unpaired) electrons. The quantitative estimate of drug-likeness (QED) is 0.704. The number of aromatic nitrogens is 2. The maximum Gasteiger partial charge on any atom is 0.150 e. The summed E-state index contributed by atoms with van der Waals surface area (Å²) >= 11 is 0. The molecule has 78 valence electrons. The van der Waals surface area contributed by atoms with Gasteiger partial charge in [0.2, 0.25) is 0 Å². The topological polar surface area (TPSA) is 88.8 Å². The zero-order valence-corrected chi connectivity index (χ0v) is 8.55. The maximum atomic E-state index is 11.4. The molecule has 1 aliphatic rings. The SMILES string of the molecule is Nc1cc(C2CCCS(=O)(=O)C2)[nH]n1. The minimum atomic E-state index is -2.86. The summed E-state index contributed by atoms with van der Waals surface area (Å²) in [5, 5.41) is 6.57. The fourth-order valence-electron chi connectivity index (χ4n) is 1.83. The zero-order chi connectivity index (χ0) is 10.2. The van der Waals surface area contributed by atoms with E-state index in [1.165, 1.54) is 0 Å². The molecule has 1 fully saturated rings. The van der Waals surface area contributed by atoms with E-state index in [1.807, 2.05) is 0 Å². The predicted octanol–water partition coefficient (Wildman–Crippen LogP) is 0.284. The van der Waals surface area contributed by atoms with Crippen LogP contribution in [-0.2, 0) is 9.84 Å². The Bertz CT molecular complexity index is 424. The molecule has 2 rings (SSSR count). The normalized spacial score (nSPS) is 26.1. The van der Waals surface area contributed by atoms with E-state index in [-0.39, 0.29) is 11.7 Å². The van der Waals surface area contributed by atoms with Crippen molar-refractivity contribution >= 4 is 15.7 Å². The second kappa shape index (κ2) is 3.27. The van der Waals surface area contributed by atoms with Gasteiger partial charge in [-0.05, 0) is 12.8 Å². The minimum absolute atomic E-state index is 0.0403. The van der Waals surface area contributed by atoms with Crippen LogP contribution in [0.15, 0.2) is 6.07 Å². The fourth-order valence-corrected chi connectivity index (χ4v) is 3.56. The van der Waals surface area contributed by atoms with Crippen molar-refractivity contribution in [2.75, 3.05) is 17.2 Å². The molecule has 1 unspecified atom stereocenters. The second-order valence-electron chi connectivity index (χ2n) is 3.70. The third kappa shape index (κ3) is 1.89. The number of aromatic amines is 1. The van der Waals surface area contributed by atoms with Crippen molar-refractivity contribution in [2.45, 2.75) is 18.8 Å². The summed E-state index contributed by atoms with van der Waals surface area (Å²) in [5.41, 5.74) is 6.30. The van der Waals surface area contributed by atoms with Crippen LogP contribution >= 0.6 is 0 Å². The van der Waals surface area contributed by atoms with Crippen LogP contribution in [0.25, 0.3) is 0 Å². The highest BCUT2D eigenvalue weighted by Gasteiger charge is 2.26. The van der Waals surface area contributed by atoms with Crippen molar-refractivity contribution in [1.82, 2.24) is 10.2 Å². The third-order valence-electron chi connectivity index (χ3n) is 2.52. The Labute approximate surface area is 82.6 Å². The Balaban J connectivity index is 2.20. The van der Waals surface area contributed by atoms with E-state index in [9.17, 15) is 8.42 Å². The number of nitrogens with zero attached hydrogens (tertiary/aromatic N) is 1. The van der Waals surface area contributed by atoms with E-state index in [4.69, 9.17) is 5.73 Å². The van der Waals surface area contributed by atoms with Gasteiger partial charge in [0, 0.05) is 17.7 Å². The molecule has 0 bridgehead atoms. The molecule has 1 aromatic heterocycles. The van der Waals surface area contributed by atoms with Crippen molar-refractivity contribution in [3.8, 4) is 0 Å². The zero-order valence-electron chi connectivity index (χ0n) is 7.73. The molecule has 1 aromatic rings. The predicted molar refractivity (Wildman–Crippen MR) is 53.6 cm³/mol. The molecule has 0 saturated carbocycles. The highest BCUT2D eigenvalue weighted by molar-refractivity contribution is 7.91. The first-order valence-electron chi connectivity index (χ1n) is 4.58. The monoisotopic (exact) mass is 215 g/mol. The number of nitrogens with two attached hydrogens (primary N) is 1. The van der Waals surface area contributed by atoms with Crippen LogP contribution in [0.5, 0.6) is 0 Å². The lowest BCUT2D eigenvalue weighted by Gasteiger charge is -2.20. The van der Waals surface area contributed by atoms with E-state index < -0.39 is 9.84 Å². The number of sulfone groups is 1.